The van der Waals surface area contributed by atoms with Gasteiger partial charge in [0, 0.05) is 19.1 Å². The van der Waals surface area contributed by atoms with E-state index in [1.165, 1.54) is 16.7 Å². The average Bonchev–Trinajstić information content (AvgIpc) is 2.42. The van der Waals surface area contributed by atoms with E-state index >= 15 is 0 Å². The van der Waals surface area contributed by atoms with Gasteiger partial charge in [-0.05, 0) is 64.3 Å². The SMILES string of the molecule is COc1ccc([C@@H](C)N2CC(NC(=O)OC(C)(C)C)C2)c(C)c1C. The maximum atomic E-state index is 11.8. The van der Waals surface area contributed by atoms with Crippen LogP contribution >= 0.6 is 0 Å². The van der Waals surface area contributed by atoms with Gasteiger partial charge in [-0.1, -0.05) is 6.07 Å². The fraction of sp³-hybridized carbons (Fsp3) is 0.632. The number of carbonyl (C=O) groups excluding carboxylic acids is 1. The molecule has 0 unspecified atom stereocenters. The van der Waals surface area contributed by atoms with Gasteiger partial charge in [0.1, 0.15) is 11.4 Å². The average molecular weight is 334 g/mol. The summed E-state index contributed by atoms with van der Waals surface area (Å²) in [7, 11) is 1.70. The van der Waals surface area contributed by atoms with Crippen molar-refractivity contribution >= 4 is 6.09 Å². The molecule has 0 radical (unpaired) electrons. The molecule has 0 bridgehead atoms. The number of hydrogen-bond donors (Lipinski definition) is 1. The third-order valence-corrected chi connectivity index (χ3v) is 4.63. The highest BCUT2D eigenvalue weighted by atomic mass is 16.6. The van der Waals surface area contributed by atoms with Crippen LogP contribution in [0.3, 0.4) is 0 Å². The van der Waals surface area contributed by atoms with E-state index in [2.05, 4.69) is 37.1 Å². The number of benzene rings is 1. The zero-order chi connectivity index (χ0) is 18.1. The Hall–Kier alpha value is -1.75. The molecule has 0 spiro atoms. The van der Waals surface area contributed by atoms with E-state index in [1.54, 1.807) is 7.11 Å². The summed E-state index contributed by atoms with van der Waals surface area (Å²) in [6.45, 7) is 13.7. The Morgan fingerprint density at radius 1 is 1.25 bits per heavy atom. The van der Waals surface area contributed by atoms with Gasteiger partial charge in [0.25, 0.3) is 0 Å². The highest BCUT2D eigenvalue weighted by Crippen LogP contribution is 2.32. The first-order valence-corrected chi connectivity index (χ1v) is 8.50. The van der Waals surface area contributed by atoms with E-state index in [9.17, 15) is 4.79 Å². The van der Waals surface area contributed by atoms with Gasteiger partial charge < -0.3 is 14.8 Å². The fourth-order valence-electron chi connectivity index (χ4n) is 3.08. The summed E-state index contributed by atoms with van der Waals surface area (Å²) in [6.07, 6.45) is -0.337. The summed E-state index contributed by atoms with van der Waals surface area (Å²) in [6, 6.07) is 4.64. The molecule has 1 saturated heterocycles. The van der Waals surface area contributed by atoms with Crippen LogP contribution in [0.15, 0.2) is 12.1 Å². The van der Waals surface area contributed by atoms with Gasteiger partial charge in [-0.25, -0.2) is 4.79 Å². The van der Waals surface area contributed by atoms with E-state index in [-0.39, 0.29) is 12.1 Å². The molecule has 1 N–H and O–H groups in total. The Labute approximate surface area is 145 Å². The number of rotatable bonds is 4. The summed E-state index contributed by atoms with van der Waals surface area (Å²) < 4.78 is 10.7. The summed E-state index contributed by atoms with van der Waals surface area (Å²) >= 11 is 0. The zero-order valence-corrected chi connectivity index (χ0v) is 15.9. The number of alkyl carbamates (subject to hydrolysis) is 1. The highest BCUT2D eigenvalue weighted by Gasteiger charge is 2.33. The second-order valence-electron chi connectivity index (χ2n) is 7.58. The van der Waals surface area contributed by atoms with E-state index in [0.717, 1.165) is 18.8 Å². The topological polar surface area (TPSA) is 50.8 Å². The van der Waals surface area contributed by atoms with Crippen molar-refractivity contribution in [3.8, 4) is 5.75 Å². The van der Waals surface area contributed by atoms with Crippen LogP contribution in [-0.4, -0.2) is 42.8 Å². The lowest BCUT2D eigenvalue weighted by atomic mass is 9.94. The van der Waals surface area contributed by atoms with Crippen molar-refractivity contribution in [1.29, 1.82) is 0 Å². The number of carbonyl (C=O) groups is 1. The van der Waals surface area contributed by atoms with Gasteiger partial charge in [-0.15, -0.1) is 0 Å². The number of hydrogen-bond acceptors (Lipinski definition) is 4. The van der Waals surface area contributed by atoms with Gasteiger partial charge in [0.15, 0.2) is 0 Å². The van der Waals surface area contributed by atoms with E-state index in [4.69, 9.17) is 9.47 Å². The zero-order valence-electron chi connectivity index (χ0n) is 15.9. The second-order valence-corrected chi connectivity index (χ2v) is 7.58. The molecule has 24 heavy (non-hydrogen) atoms. The molecular weight excluding hydrogens is 304 g/mol. The van der Waals surface area contributed by atoms with Crippen LogP contribution in [0.5, 0.6) is 5.75 Å². The van der Waals surface area contributed by atoms with Crippen LogP contribution < -0.4 is 10.1 Å². The van der Waals surface area contributed by atoms with Crippen molar-refractivity contribution in [1.82, 2.24) is 10.2 Å². The molecule has 5 nitrogen and oxygen atoms in total. The molecule has 1 atom stereocenters. The molecule has 0 aliphatic carbocycles. The first kappa shape index (κ1) is 18.6. The molecule has 1 aromatic rings. The van der Waals surface area contributed by atoms with Crippen LogP contribution in [-0.2, 0) is 4.74 Å². The minimum absolute atomic E-state index is 0.155. The van der Waals surface area contributed by atoms with Crippen LogP contribution in [0.1, 0.15) is 50.4 Å². The van der Waals surface area contributed by atoms with Crippen LogP contribution in [0.25, 0.3) is 0 Å². The van der Waals surface area contributed by atoms with Gasteiger partial charge in [-0.2, -0.15) is 0 Å². The fourth-order valence-corrected chi connectivity index (χ4v) is 3.08. The Morgan fingerprint density at radius 3 is 2.42 bits per heavy atom. The number of ether oxygens (including phenoxy) is 2. The molecule has 0 saturated carbocycles. The van der Waals surface area contributed by atoms with Gasteiger partial charge in [-0.3, -0.25) is 4.90 Å². The normalized spacial score (nSPS) is 17.1. The van der Waals surface area contributed by atoms with Gasteiger partial charge in [0.05, 0.1) is 13.2 Å². The predicted molar refractivity (Wildman–Crippen MR) is 95.6 cm³/mol. The lowest BCUT2D eigenvalue weighted by Gasteiger charge is -2.44. The summed E-state index contributed by atoms with van der Waals surface area (Å²) in [5, 5.41) is 2.93. The maximum absolute atomic E-state index is 11.8. The molecule has 1 fully saturated rings. The summed E-state index contributed by atoms with van der Waals surface area (Å²) in [5.74, 6) is 0.927. The number of amides is 1. The standard InChI is InChI=1S/C19H30N2O3/c1-12-13(2)17(23-7)9-8-16(12)14(3)21-10-15(11-21)20-18(22)24-19(4,5)6/h8-9,14-15H,10-11H2,1-7H3,(H,20,22)/t14-/m1/s1. The summed E-state index contributed by atoms with van der Waals surface area (Å²) in [4.78, 5) is 14.2. The Balaban J connectivity index is 1.92. The molecular formula is C19H30N2O3. The molecule has 134 valence electrons. The molecule has 1 aliphatic rings. The number of likely N-dealkylation sites (tertiary alicyclic amines) is 1. The highest BCUT2D eigenvalue weighted by molar-refractivity contribution is 5.68. The monoisotopic (exact) mass is 334 g/mol. The molecule has 0 aromatic heterocycles. The Morgan fingerprint density at radius 2 is 1.88 bits per heavy atom. The molecule has 1 heterocycles. The second kappa shape index (κ2) is 7.01. The van der Waals surface area contributed by atoms with Gasteiger partial charge in [0.2, 0.25) is 0 Å². The van der Waals surface area contributed by atoms with Crippen LogP contribution in [0.2, 0.25) is 0 Å². The Kier molecular flexibility index (Phi) is 5.43. The molecule has 5 heteroatoms. The molecule has 1 aromatic carbocycles. The third kappa shape index (κ3) is 4.20. The third-order valence-electron chi connectivity index (χ3n) is 4.63. The smallest absolute Gasteiger partial charge is 0.407 e. The lowest BCUT2D eigenvalue weighted by molar-refractivity contribution is 0.0337. The lowest BCUT2D eigenvalue weighted by Crippen LogP contribution is -2.60. The minimum Gasteiger partial charge on any atom is -0.496 e. The Bertz CT molecular complexity index is 601. The van der Waals surface area contributed by atoms with Crippen LogP contribution in [0, 0.1) is 13.8 Å². The van der Waals surface area contributed by atoms with Crippen molar-refractivity contribution in [2.24, 2.45) is 0 Å². The van der Waals surface area contributed by atoms with Crippen molar-refractivity contribution in [2.45, 2.75) is 59.2 Å². The van der Waals surface area contributed by atoms with Crippen molar-refractivity contribution < 1.29 is 14.3 Å². The minimum atomic E-state index is -0.460. The van der Waals surface area contributed by atoms with Crippen molar-refractivity contribution in [2.75, 3.05) is 20.2 Å². The van der Waals surface area contributed by atoms with E-state index in [1.807, 2.05) is 26.8 Å². The van der Waals surface area contributed by atoms with Gasteiger partial charge >= 0.3 is 6.09 Å². The molecule has 1 aliphatic heterocycles. The largest absolute Gasteiger partial charge is 0.496 e. The summed E-state index contributed by atoms with van der Waals surface area (Å²) in [5.41, 5.74) is 3.30. The predicted octanol–water partition coefficient (Wildman–Crippen LogP) is 3.58. The van der Waals surface area contributed by atoms with Crippen LogP contribution in [0.4, 0.5) is 4.79 Å². The first-order valence-electron chi connectivity index (χ1n) is 8.50. The molecule has 2 rings (SSSR count). The number of methoxy groups -OCH3 is 1. The number of nitrogens with zero attached hydrogens (tertiary/aromatic N) is 1. The van der Waals surface area contributed by atoms with Crippen molar-refractivity contribution in [3.63, 3.8) is 0 Å². The first-order chi connectivity index (χ1) is 11.1. The van der Waals surface area contributed by atoms with E-state index in [0.29, 0.717) is 6.04 Å². The van der Waals surface area contributed by atoms with Crippen molar-refractivity contribution in [3.05, 3.63) is 28.8 Å². The van der Waals surface area contributed by atoms with E-state index < -0.39 is 5.60 Å². The maximum Gasteiger partial charge on any atom is 0.407 e. The number of nitrogens with one attached hydrogen (secondary N) is 1. The quantitative estimate of drug-likeness (QED) is 0.914. The molecule has 1 amide bonds.